The van der Waals surface area contributed by atoms with E-state index in [1.165, 1.54) is 36.4 Å². The van der Waals surface area contributed by atoms with Gasteiger partial charge in [-0.3, -0.25) is 19.7 Å². The molecule has 598 valence electrons. The SMILES string of the molecule is CCOC(=O)N[C@@H]1CC[C@@H]2[C@@H](C1)C[C@@H]1[C@H]([C@H]2/C=C/c2ccc(-c3cccc(F)c3)cn2)[C@@H](C)S(=O)(=O)N1C.CCOC(=O)N[C@@H]1CC[C@@H]2[C@@H](C1)C[C@H]1C(=O)N[C@H](CO)[C@H]1[C@H]2/C=C/c1ccc(-c2cccc(F)c2)cn1.CCOC(=O)N[C@@H]1CC[C@@H]2[C@@H](C1)C[C@H]1NS(=O)(=O)[C@H](C)[C@H]1[C@H]2/C=C/c1ccc(-c2cccc(F)c2)cn1. The maximum absolute atomic E-state index is 13.6. The van der Waals surface area contributed by atoms with Crippen molar-refractivity contribution in [2.45, 2.75) is 158 Å². The van der Waals surface area contributed by atoms with Gasteiger partial charge in [-0.05, 0) is 272 Å². The van der Waals surface area contributed by atoms with Gasteiger partial charge in [0.15, 0.2) is 0 Å². The number of pyridine rings is 3. The Balaban J connectivity index is 0.000000147. The summed E-state index contributed by atoms with van der Waals surface area (Å²) >= 11 is 0. The zero-order chi connectivity index (χ0) is 79.1. The number of hydrogen-bond acceptors (Lipinski definition) is 15. The van der Waals surface area contributed by atoms with Crippen LogP contribution in [0.4, 0.5) is 27.6 Å². The first-order valence-electron chi connectivity index (χ1n) is 39.8. The van der Waals surface area contributed by atoms with Crippen molar-refractivity contribution in [1.29, 1.82) is 0 Å². The first-order chi connectivity index (χ1) is 53.9. The quantitative estimate of drug-likeness (QED) is 0.0491. The predicted molar refractivity (Wildman–Crippen MR) is 423 cm³/mol. The molecule has 15 rings (SSSR count). The Hall–Kier alpha value is -8.82. The lowest BCUT2D eigenvalue weighted by molar-refractivity contribution is -0.125. The molecule has 3 aromatic carbocycles. The molecule has 6 aliphatic carbocycles. The Kier molecular flexibility index (Phi) is 25.9. The minimum absolute atomic E-state index is 0.00336. The number of aliphatic hydroxyl groups excluding tert-OH is 1. The van der Waals surface area contributed by atoms with E-state index in [4.69, 9.17) is 14.2 Å². The van der Waals surface area contributed by atoms with Crippen LogP contribution in [0.1, 0.15) is 129 Å². The summed E-state index contributed by atoms with van der Waals surface area (Å²) in [4.78, 5) is 62.5. The standard InChI is InChI=1S/C29H36FN3O4S.C29H34FN3O4.C28H34FN3O4S/c1-4-37-29(34)32-24-11-12-25-21(15-24)16-27-28(18(2)38(35,36)33(27)3)26(25)13-10-23-9-8-20(17-31-23)19-6-5-7-22(30)14-19;1-2-37-29(36)32-22-9-10-23-19(13-22)14-25-27(26(16-34)33-28(25)35)24(23)11-8-21-7-6-18(15-31-21)17-4-3-5-20(30)12-17;1-3-36-28(33)31-23-10-11-24-20(14-23)15-26-27(17(2)37(34,35)32-26)25(24)12-9-22-8-7-19(16-30-22)18-5-4-6-21(29)13-18/h5-10,13-14,17-18,21,24-28H,4,11-12,15-16H2,1-3H3,(H,32,34);3-8,11-12,15,19,22-27,34H,2,9-10,13-14,16H2,1H3,(H,32,36)(H,33,35);4-9,12-13,16-17,20,23-27,32H,3,10-11,14-15H2,1-2H3,(H,31,33)/b13-10+;11-8+;12-9+/t18-,21+,24-,25-,26+,27-,28+;19-,22+,23+,24-,25+,26+,27-;17-,20+,23-,24-,25+,26-,27+/m101/s1. The number of aromatic nitrogens is 3. The number of nitrogens with one attached hydrogen (secondary N) is 5. The summed E-state index contributed by atoms with van der Waals surface area (Å²) in [5, 5.41) is 21.1. The fourth-order valence-corrected chi connectivity index (χ4v) is 24.1. The molecular weight excluding hydrogens is 1470 g/mol. The van der Waals surface area contributed by atoms with Crippen LogP contribution in [0.2, 0.25) is 0 Å². The average molecular weight is 1580 g/mol. The van der Waals surface area contributed by atoms with Crippen LogP contribution in [-0.2, 0) is 39.1 Å². The van der Waals surface area contributed by atoms with Gasteiger partial charge in [0.05, 0.1) is 60.1 Å². The molecule has 0 bridgehead atoms. The minimum Gasteiger partial charge on any atom is -0.450 e. The highest BCUT2D eigenvalue weighted by Gasteiger charge is 2.59. The monoisotopic (exact) mass is 1580 g/mol. The van der Waals surface area contributed by atoms with Crippen LogP contribution in [-0.4, -0.2) is 146 Å². The summed E-state index contributed by atoms with van der Waals surface area (Å²) in [7, 11) is -5.02. The Morgan fingerprint density at radius 2 is 0.911 bits per heavy atom. The van der Waals surface area contributed by atoms with Crippen LogP contribution >= 0.6 is 0 Å². The van der Waals surface area contributed by atoms with Crippen molar-refractivity contribution in [3.8, 4) is 33.4 Å². The molecule has 21 nitrogen and oxygen atoms in total. The van der Waals surface area contributed by atoms with E-state index < -0.39 is 30.5 Å². The Bertz CT molecular complexity index is 4640. The number of carbonyl (C=O) groups excluding carboxylic acids is 4. The highest BCUT2D eigenvalue weighted by atomic mass is 32.2. The largest absolute Gasteiger partial charge is 0.450 e. The number of carbonyl (C=O) groups is 4. The minimum atomic E-state index is -3.37. The third-order valence-electron chi connectivity index (χ3n) is 25.6. The molecule has 6 saturated carbocycles. The number of alkyl carbamates (subject to hydrolysis) is 3. The number of benzene rings is 3. The molecule has 112 heavy (non-hydrogen) atoms. The fraction of sp³-hybridized carbons (Fsp3) is 0.500. The normalized spacial score (nSPS) is 31.9. The first kappa shape index (κ1) is 81.2. The number of amides is 4. The second-order valence-corrected chi connectivity index (χ2v) is 36.2. The van der Waals surface area contributed by atoms with Crippen molar-refractivity contribution in [2.24, 2.45) is 76.9 Å². The highest BCUT2D eigenvalue weighted by molar-refractivity contribution is 7.90. The van der Waals surface area contributed by atoms with Crippen LogP contribution in [0.3, 0.4) is 0 Å². The van der Waals surface area contributed by atoms with Gasteiger partial charge in [0, 0.05) is 78.5 Å². The van der Waals surface area contributed by atoms with Crippen molar-refractivity contribution in [1.82, 2.24) is 45.2 Å². The number of ether oxygens (including phenoxy) is 3. The number of hydrogen-bond donors (Lipinski definition) is 6. The molecule has 3 aliphatic heterocycles. The lowest BCUT2D eigenvalue weighted by Crippen LogP contribution is -2.50. The van der Waals surface area contributed by atoms with Gasteiger partial charge in [-0.15, -0.1) is 0 Å². The zero-order valence-electron chi connectivity index (χ0n) is 64.2. The van der Waals surface area contributed by atoms with Gasteiger partial charge in [-0.25, -0.2) is 53.4 Å². The molecule has 6 N–H and O–H groups in total. The molecule has 3 saturated heterocycles. The first-order valence-corrected chi connectivity index (χ1v) is 42.8. The van der Waals surface area contributed by atoms with Gasteiger partial charge in [-0.1, -0.05) is 72.8 Å². The zero-order valence-corrected chi connectivity index (χ0v) is 65.8. The van der Waals surface area contributed by atoms with E-state index in [2.05, 4.69) is 59.2 Å². The average Bonchev–Trinajstić information content (AvgIpc) is 1.58. The van der Waals surface area contributed by atoms with Gasteiger partial charge in [-0.2, -0.15) is 0 Å². The molecule has 0 spiro atoms. The van der Waals surface area contributed by atoms with Gasteiger partial charge in [0.1, 0.15) is 17.5 Å². The number of fused-ring (bicyclic) bond motifs is 6. The maximum atomic E-state index is 13.6. The van der Waals surface area contributed by atoms with Crippen molar-refractivity contribution in [3.63, 3.8) is 0 Å². The molecule has 9 fully saturated rings. The van der Waals surface area contributed by atoms with Gasteiger partial charge >= 0.3 is 18.3 Å². The van der Waals surface area contributed by atoms with Crippen molar-refractivity contribution in [3.05, 3.63) is 181 Å². The van der Waals surface area contributed by atoms with E-state index >= 15 is 0 Å². The number of nitrogens with zero attached hydrogens (tertiary/aromatic N) is 4. The fourth-order valence-electron chi connectivity index (χ4n) is 20.5. The summed E-state index contributed by atoms with van der Waals surface area (Å²) < 4.78 is 112. The molecule has 9 aliphatic rings. The number of allylic oxidation sites excluding steroid dienone is 3. The van der Waals surface area contributed by atoms with Crippen molar-refractivity contribution >= 4 is 62.5 Å². The molecule has 21 atom stereocenters. The highest BCUT2D eigenvalue weighted by Crippen LogP contribution is 2.56. The molecular formula is C86H104F3N9O12S2. The molecule has 0 unspecified atom stereocenters. The summed E-state index contributed by atoms with van der Waals surface area (Å²) in [6.45, 7) is 9.93. The molecule has 26 heteroatoms. The van der Waals surface area contributed by atoms with Crippen LogP contribution in [0, 0.1) is 94.4 Å². The Labute approximate surface area is 655 Å². The van der Waals surface area contributed by atoms with Crippen LogP contribution in [0.5, 0.6) is 0 Å². The van der Waals surface area contributed by atoms with E-state index in [1.807, 2.05) is 86.7 Å². The smallest absolute Gasteiger partial charge is 0.407 e. The van der Waals surface area contributed by atoms with E-state index in [0.29, 0.717) is 55.3 Å². The molecule has 3 aromatic heterocycles. The number of rotatable bonds is 16. The molecule has 6 aromatic rings. The summed E-state index contributed by atoms with van der Waals surface area (Å²) in [5.41, 5.74) is 7.17. The van der Waals surface area contributed by atoms with E-state index in [-0.39, 0.29) is 126 Å². The van der Waals surface area contributed by atoms with Crippen LogP contribution < -0.4 is 26.0 Å². The number of aliphatic hydroxyl groups is 1. The van der Waals surface area contributed by atoms with Gasteiger partial charge in [0.25, 0.3) is 0 Å². The third kappa shape index (κ3) is 18.4. The third-order valence-corrected chi connectivity index (χ3v) is 29.9. The molecule has 0 radical (unpaired) electrons. The van der Waals surface area contributed by atoms with Crippen LogP contribution in [0.25, 0.3) is 51.6 Å². The number of halogens is 3. The second kappa shape index (κ2) is 35.7. The second-order valence-electron chi connectivity index (χ2n) is 31.8. The Morgan fingerprint density at radius 3 is 1.29 bits per heavy atom. The summed E-state index contributed by atoms with van der Waals surface area (Å²) in [6, 6.07) is 30.5. The van der Waals surface area contributed by atoms with E-state index in [9.17, 15) is 54.3 Å². The van der Waals surface area contributed by atoms with Gasteiger partial charge < -0.3 is 40.6 Å². The predicted octanol–water partition coefficient (Wildman–Crippen LogP) is 14.0. The molecule has 6 heterocycles. The van der Waals surface area contributed by atoms with Crippen LogP contribution in [0.15, 0.2) is 146 Å². The van der Waals surface area contributed by atoms with Crippen molar-refractivity contribution in [2.75, 3.05) is 33.5 Å². The van der Waals surface area contributed by atoms with Gasteiger partial charge in [0.2, 0.25) is 26.0 Å². The lowest BCUT2D eigenvalue weighted by Gasteiger charge is -2.49. The summed E-state index contributed by atoms with van der Waals surface area (Å²) in [5.74, 6) is 1.21. The topological polar surface area (TPSA) is 287 Å². The van der Waals surface area contributed by atoms with Crippen molar-refractivity contribution < 1.29 is 68.5 Å². The van der Waals surface area contributed by atoms with E-state index in [1.54, 1.807) is 68.9 Å². The molecule has 4 amide bonds. The number of sulfonamides is 2. The maximum Gasteiger partial charge on any atom is 0.407 e. The lowest BCUT2D eigenvalue weighted by atomic mass is 9.56. The Morgan fingerprint density at radius 1 is 0.518 bits per heavy atom. The summed E-state index contributed by atoms with van der Waals surface area (Å²) in [6.07, 6.45) is 26.6. The van der Waals surface area contributed by atoms with E-state index in [0.717, 1.165) is 128 Å².